The van der Waals surface area contributed by atoms with E-state index in [0.717, 1.165) is 10.9 Å². The van der Waals surface area contributed by atoms with E-state index in [2.05, 4.69) is 20.6 Å². The minimum absolute atomic E-state index is 0.0767. The lowest BCUT2D eigenvalue weighted by Gasteiger charge is -2.10. The molecule has 0 bridgehead atoms. The van der Waals surface area contributed by atoms with Crippen LogP contribution in [0.3, 0.4) is 0 Å². The van der Waals surface area contributed by atoms with Crippen molar-refractivity contribution in [1.82, 2.24) is 20.6 Å². The van der Waals surface area contributed by atoms with Crippen molar-refractivity contribution in [3.8, 4) is 5.75 Å². The van der Waals surface area contributed by atoms with E-state index in [1.165, 1.54) is 0 Å². The van der Waals surface area contributed by atoms with Crippen LogP contribution in [0, 0.1) is 13.8 Å². The third-order valence-electron chi connectivity index (χ3n) is 3.23. The quantitative estimate of drug-likeness (QED) is 0.681. The van der Waals surface area contributed by atoms with E-state index in [-0.39, 0.29) is 12.2 Å². The van der Waals surface area contributed by atoms with Gasteiger partial charge in [-0.15, -0.1) is 0 Å². The molecule has 0 saturated carbocycles. The van der Waals surface area contributed by atoms with Crippen molar-refractivity contribution in [3.05, 3.63) is 44.5 Å². The Morgan fingerprint density at radius 2 is 2.14 bits per heavy atom. The van der Waals surface area contributed by atoms with Crippen LogP contribution in [-0.2, 0) is 6.61 Å². The molecular weight excluding hydrogens is 296 g/mol. The molecule has 0 saturated heterocycles. The van der Waals surface area contributed by atoms with E-state index in [1.807, 2.05) is 6.92 Å². The Balaban J connectivity index is 2.02. The van der Waals surface area contributed by atoms with Crippen molar-refractivity contribution >= 4 is 22.6 Å². The van der Waals surface area contributed by atoms with Crippen LogP contribution in [0.25, 0.3) is 11.0 Å². The molecule has 2 heterocycles. The Labute approximate surface area is 123 Å². The molecule has 0 aliphatic carbocycles. The summed E-state index contributed by atoms with van der Waals surface area (Å²) in [5.74, 6) is 0.716. The van der Waals surface area contributed by atoms with Crippen molar-refractivity contribution in [1.29, 1.82) is 0 Å². The van der Waals surface area contributed by atoms with Gasteiger partial charge in [0.15, 0.2) is 0 Å². The fourth-order valence-corrected chi connectivity index (χ4v) is 2.14. The molecule has 0 fully saturated rings. The molecule has 7 nitrogen and oxygen atoms in total. The van der Waals surface area contributed by atoms with Crippen LogP contribution in [0.4, 0.5) is 0 Å². The normalized spacial score (nSPS) is 11.0. The molecular formula is C13H10ClN4O3-. The molecule has 0 unspecified atom stereocenters. The second-order valence-electron chi connectivity index (χ2n) is 4.50. The maximum atomic E-state index is 11.7. The van der Waals surface area contributed by atoms with Crippen LogP contribution in [0.5, 0.6) is 5.75 Å². The molecule has 2 aromatic heterocycles. The third kappa shape index (κ3) is 2.47. The molecule has 1 aromatic carbocycles. The number of tetrazole rings is 1. The first-order valence-corrected chi connectivity index (χ1v) is 6.48. The minimum Gasteiger partial charge on any atom is -0.487 e. The summed E-state index contributed by atoms with van der Waals surface area (Å²) >= 11 is 6.19. The number of benzene rings is 1. The number of hydrogen-bond acceptors (Lipinski definition) is 6. The highest BCUT2D eigenvalue weighted by atomic mass is 35.5. The van der Waals surface area contributed by atoms with Crippen molar-refractivity contribution in [2.75, 3.05) is 0 Å². The van der Waals surface area contributed by atoms with Crippen molar-refractivity contribution in [2.24, 2.45) is 0 Å². The Kier molecular flexibility index (Phi) is 3.34. The Hall–Kier alpha value is -2.41. The molecule has 0 amide bonds. The van der Waals surface area contributed by atoms with Gasteiger partial charge in [0.25, 0.3) is 0 Å². The number of ether oxygens (including phenoxy) is 1. The third-order valence-corrected chi connectivity index (χ3v) is 3.52. The first kappa shape index (κ1) is 13.6. The van der Waals surface area contributed by atoms with Crippen LogP contribution in [0.1, 0.15) is 17.0 Å². The Morgan fingerprint density at radius 1 is 1.33 bits per heavy atom. The predicted octanol–water partition coefficient (Wildman–Crippen LogP) is 1.78. The average molecular weight is 306 g/mol. The summed E-state index contributed by atoms with van der Waals surface area (Å²) in [5.41, 5.74) is 1.44. The van der Waals surface area contributed by atoms with Gasteiger partial charge < -0.3 is 14.3 Å². The first-order valence-electron chi connectivity index (χ1n) is 6.10. The van der Waals surface area contributed by atoms with E-state index in [4.69, 9.17) is 20.8 Å². The molecule has 0 aliphatic rings. The number of rotatable bonds is 3. The topological polar surface area (TPSA) is 92.2 Å². The highest BCUT2D eigenvalue weighted by Crippen LogP contribution is 2.32. The largest absolute Gasteiger partial charge is 0.487 e. The van der Waals surface area contributed by atoms with Crippen LogP contribution >= 0.6 is 11.6 Å². The summed E-state index contributed by atoms with van der Waals surface area (Å²) in [6.45, 7) is 3.64. The molecule has 0 radical (unpaired) electrons. The number of hydrogen-bond donors (Lipinski definition) is 0. The summed E-state index contributed by atoms with van der Waals surface area (Å²) in [6, 6.07) is 3.29. The maximum absolute atomic E-state index is 11.7. The van der Waals surface area contributed by atoms with Gasteiger partial charge in [-0.2, -0.15) is 5.21 Å². The number of aryl methyl sites for hydroxylation is 1. The zero-order valence-corrected chi connectivity index (χ0v) is 12.0. The van der Waals surface area contributed by atoms with Gasteiger partial charge in [0, 0.05) is 22.8 Å². The van der Waals surface area contributed by atoms with Gasteiger partial charge in [-0.25, -0.2) is 4.79 Å². The van der Waals surface area contributed by atoms with Gasteiger partial charge in [-0.05, 0) is 25.5 Å². The van der Waals surface area contributed by atoms with E-state index < -0.39 is 0 Å². The van der Waals surface area contributed by atoms with Crippen molar-refractivity contribution in [2.45, 2.75) is 20.5 Å². The lowest BCUT2D eigenvalue weighted by Crippen LogP contribution is -2.06. The molecule has 0 N–H and O–H groups in total. The van der Waals surface area contributed by atoms with Gasteiger partial charge in [0.1, 0.15) is 17.9 Å². The molecule has 0 atom stereocenters. The summed E-state index contributed by atoms with van der Waals surface area (Å²) in [7, 11) is 0. The van der Waals surface area contributed by atoms with E-state index in [1.54, 1.807) is 19.1 Å². The lowest BCUT2D eigenvalue weighted by molar-refractivity contribution is 0.295. The molecule has 8 heteroatoms. The second-order valence-corrected chi connectivity index (χ2v) is 4.91. The van der Waals surface area contributed by atoms with Crippen LogP contribution in [0.2, 0.25) is 5.02 Å². The summed E-state index contributed by atoms with van der Waals surface area (Å²) in [6.07, 6.45) is 0. The minimum atomic E-state index is -0.374. The SMILES string of the molecule is Cc1c(C)c2cc(Cl)c(OCc3nnn[n-]3)cc2oc1=O. The molecule has 0 aliphatic heterocycles. The zero-order chi connectivity index (χ0) is 15.0. The van der Waals surface area contributed by atoms with Crippen LogP contribution in [-0.4, -0.2) is 15.5 Å². The smallest absolute Gasteiger partial charge is 0.339 e. The van der Waals surface area contributed by atoms with Gasteiger partial charge in [-0.3, -0.25) is 10.3 Å². The fourth-order valence-electron chi connectivity index (χ4n) is 1.92. The molecule has 108 valence electrons. The van der Waals surface area contributed by atoms with Gasteiger partial charge in [0.05, 0.1) is 5.02 Å². The van der Waals surface area contributed by atoms with Crippen molar-refractivity contribution < 1.29 is 9.15 Å². The van der Waals surface area contributed by atoms with Gasteiger partial charge in [0.2, 0.25) is 0 Å². The summed E-state index contributed by atoms with van der Waals surface area (Å²) < 4.78 is 10.8. The standard InChI is InChI=1S/C13H10ClN4O3/c1-6-7(2)13(19)21-10-4-11(9(14)3-8(6)10)20-5-12-15-17-18-16-12/h3-4H,5H2,1-2H3/q-1. The maximum Gasteiger partial charge on any atom is 0.339 e. The summed E-state index contributed by atoms with van der Waals surface area (Å²) in [5, 5.41) is 15.2. The zero-order valence-electron chi connectivity index (χ0n) is 11.3. The highest BCUT2D eigenvalue weighted by molar-refractivity contribution is 6.32. The predicted molar refractivity (Wildman–Crippen MR) is 74.4 cm³/mol. The van der Waals surface area contributed by atoms with Crippen LogP contribution < -0.4 is 15.5 Å². The molecule has 3 rings (SSSR count). The number of fused-ring (bicyclic) bond motifs is 1. The summed E-state index contributed by atoms with van der Waals surface area (Å²) in [4.78, 5) is 11.7. The fraction of sp³-hybridized carbons (Fsp3) is 0.231. The lowest BCUT2D eigenvalue weighted by atomic mass is 10.1. The number of aromatic nitrogens is 4. The van der Waals surface area contributed by atoms with Crippen LogP contribution in [0.15, 0.2) is 21.3 Å². The second kappa shape index (κ2) is 5.17. The Bertz CT molecular complexity index is 858. The van der Waals surface area contributed by atoms with E-state index in [9.17, 15) is 4.79 Å². The number of nitrogens with zero attached hydrogens (tertiary/aromatic N) is 4. The van der Waals surface area contributed by atoms with Crippen molar-refractivity contribution in [3.63, 3.8) is 0 Å². The van der Waals surface area contributed by atoms with Gasteiger partial charge in [-0.1, -0.05) is 11.6 Å². The average Bonchev–Trinajstić information content (AvgIpc) is 2.97. The van der Waals surface area contributed by atoms with E-state index in [0.29, 0.717) is 27.7 Å². The first-order chi connectivity index (χ1) is 10.1. The number of halogens is 1. The molecule has 3 aromatic rings. The Morgan fingerprint density at radius 3 is 2.86 bits per heavy atom. The molecule has 21 heavy (non-hydrogen) atoms. The molecule has 0 spiro atoms. The highest BCUT2D eigenvalue weighted by Gasteiger charge is 2.12. The monoisotopic (exact) mass is 305 g/mol. The van der Waals surface area contributed by atoms with E-state index >= 15 is 0 Å². The van der Waals surface area contributed by atoms with Gasteiger partial charge >= 0.3 is 5.63 Å².